The van der Waals surface area contributed by atoms with Crippen molar-refractivity contribution in [3.63, 3.8) is 0 Å². The van der Waals surface area contributed by atoms with Crippen LogP contribution in [-0.2, 0) is 13.6 Å². The summed E-state index contributed by atoms with van der Waals surface area (Å²) in [4.78, 5) is 28.3. The van der Waals surface area contributed by atoms with Gasteiger partial charge in [0, 0.05) is 54.3 Å². The molecule has 0 aliphatic carbocycles. The maximum absolute atomic E-state index is 13.7. The maximum atomic E-state index is 13.7. The Bertz CT molecular complexity index is 1810. The van der Waals surface area contributed by atoms with E-state index in [4.69, 9.17) is 4.98 Å². The number of fused-ring (bicyclic) bond motifs is 2. The lowest BCUT2D eigenvalue weighted by Crippen LogP contribution is -2.23. The van der Waals surface area contributed by atoms with Crippen LogP contribution in [0.5, 0.6) is 0 Å². The Kier molecular flexibility index (Phi) is 5.74. The minimum absolute atomic E-state index is 0.0328. The van der Waals surface area contributed by atoms with E-state index >= 15 is 0 Å². The number of hydrogen-bond donors (Lipinski definition) is 3. The van der Waals surface area contributed by atoms with Crippen molar-refractivity contribution in [2.75, 3.05) is 23.3 Å². The standard InChI is InChI=1S/C31H30N8O/c1-18-15-34-31(35-27-13-19(2)38(3)37-27)36-28(18)25-16-33-29-23(25)5-4-6-26(29)39-17-22-8-7-21(14-24(22)30(39)40)20-9-11-32-12-10-20/h4-9,13-16,32-33H,10-12,17H2,1-3H3,(H,34,35,36,37). The molecule has 0 atom stereocenters. The van der Waals surface area contributed by atoms with Crippen LogP contribution in [0.25, 0.3) is 27.7 Å². The van der Waals surface area contributed by atoms with Gasteiger partial charge in [-0.1, -0.05) is 30.3 Å². The van der Waals surface area contributed by atoms with Gasteiger partial charge < -0.3 is 20.5 Å². The summed E-state index contributed by atoms with van der Waals surface area (Å²) >= 11 is 0. The summed E-state index contributed by atoms with van der Waals surface area (Å²) in [6, 6.07) is 14.4. The van der Waals surface area contributed by atoms with E-state index in [-0.39, 0.29) is 5.91 Å². The first kappa shape index (κ1) is 24.3. The largest absolute Gasteiger partial charge is 0.359 e. The second-order valence-electron chi connectivity index (χ2n) is 10.5. The number of benzene rings is 2. The molecular formula is C31H30N8O. The SMILES string of the molecule is Cc1cnc(Nc2cc(C)n(C)n2)nc1-c1c[nH]c2c(N3Cc4ccc(C5=CCNCC5)cc4C3=O)cccc12. The molecule has 0 radical (unpaired) electrons. The fourth-order valence-corrected chi connectivity index (χ4v) is 5.65. The normalized spacial score (nSPS) is 15.0. The summed E-state index contributed by atoms with van der Waals surface area (Å²) in [5.74, 6) is 1.21. The van der Waals surface area contributed by atoms with Gasteiger partial charge in [0.25, 0.3) is 5.91 Å². The van der Waals surface area contributed by atoms with Crippen molar-refractivity contribution >= 4 is 39.8 Å². The number of H-pyrrole nitrogens is 1. The molecule has 7 rings (SSSR count). The van der Waals surface area contributed by atoms with Crippen LogP contribution < -0.4 is 15.5 Å². The van der Waals surface area contributed by atoms with Gasteiger partial charge in [-0.3, -0.25) is 9.48 Å². The lowest BCUT2D eigenvalue weighted by Gasteiger charge is -2.17. The third kappa shape index (κ3) is 4.06. The van der Waals surface area contributed by atoms with Crippen molar-refractivity contribution in [3.8, 4) is 11.3 Å². The lowest BCUT2D eigenvalue weighted by atomic mass is 9.97. The molecule has 40 heavy (non-hydrogen) atoms. The molecule has 0 spiro atoms. The van der Waals surface area contributed by atoms with Crippen molar-refractivity contribution in [2.24, 2.45) is 7.05 Å². The number of carbonyl (C=O) groups is 1. The van der Waals surface area contributed by atoms with E-state index < -0.39 is 0 Å². The molecule has 200 valence electrons. The third-order valence-corrected chi connectivity index (χ3v) is 7.91. The van der Waals surface area contributed by atoms with E-state index in [1.807, 2.05) is 61.1 Å². The first-order chi connectivity index (χ1) is 19.5. The minimum atomic E-state index is 0.0328. The van der Waals surface area contributed by atoms with Gasteiger partial charge in [-0.2, -0.15) is 5.10 Å². The predicted octanol–water partition coefficient (Wildman–Crippen LogP) is 5.26. The van der Waals surface area contributed by atoms with E-state index in [0.717, 1.165) is 75.3 Å². The molecule has 0 saturated carbocycles. The quantitative estimate of drug-likeness (QED) is 0.287. The van der Waals surface area contributed by atoms with Crippen LogP contribution >= 0.6 is 0 Å². The van der Waals surface area contributed by atoms with Crippen molar-refractivity contribution in [2.45, 2.75) is 26.8 Å². The Morgan fingerprint density at radius 3 is 2.77 bits per heavy atom. The van der Waals surface area contributed by atoms with Gasteiger partial charge in [0.15, 0.2) is 5.82 Å². The molecule has 5 heterocycles. The van der Waals surface area contributed by atoms with Crippen molar-refractivity contribution < 1.29 is 4.79 Å². The summed E-state index contributed by atoms with van der Waals surface area (Å²) in [5, 5.41) is 12.0. The number of nitrogens with zero attached hydrogens (tertiary/aromatic N) is 5. The van der Waals surface area contributed by atoms with Crippen LogP contribution in [-0.4, -0.2) is 43.7 Å². The zero-order chi connectivity index (χ0) is 27.4. The van der Waals surface area contributed by atoms with Gasteiger partial charge in [-0.15, -0.1) is 0 Å². The smallest absolute Gasteiger partial charge is 0.259 e. The molecular weight excluding hydrogens is 500 g/mol. The summed E-state index contributed by atoms with van der Waals surface area (Å²) in [7, 11) is 1.90. The van der Waals surface area contributed by atoms with Crippen LogP contribution in [0.4, 0.5) is 17.5 Å². The van der Waals surface area contributed by atoms with Gasteiger partial charge in [0.05, 0.1) is 23.4 Å². The number of para-hydroxylation sites is 1. The van der Waals surface area contributed by atoms with Gasteiger partial charge in [-0.25, -0.2) is 9.97 Å². The Balaban J connectivity index is 1.22. The molecule has 2 aliphatic heterocycles. The molecule has 2 aliphatic rings. The first-order valence-corrected chi connectivity index (χ1v) is 13.5. The fraction of sp³-hybridized carbons (Fsp3) is 0.226. The molecule has 5 aromatic rings. The zero-order valence-electron chi connectivity index (χ0n) is 22.7. The molecule has 3 N–H and O–H groups in total. The fourth-order valence-electron chi connectivity index (χ4n) is 5.65. The summed E-state index contributed by atoms with van der Waals surface area (Å²) in [6.45, 7) is 6.38. The number of nitrogens with one attached hydrogen (secondary N) is 3. The molecule has 0 unspecified atom stereocenters. The van der Waals surface area contributed by atoms with Gasteiger partial charge in [0.1, 0.15) is 0 Å². The Morgan fingerprint density at radius 1 is 1.07 bits per heavy atom. The molecule has 1 amide bonds. The van der Waals surface area contributed by atoms with Gasteiger partial charge >= 0.3 is 0 Å². The molecule has 9 nitrogen and oxygen atoms in total. The lowest BCUT2D eigenvalue weighted by molar-refractivity contribution is 0.0997. The molecule has 0 bridgehead atoms. The number of rotatable bonds is 5. The number of aromatic nitrogens is 5. The second kappa shape index (κ2) is 9.46. The van der Waals surface area contributed by atoms with Crippen LogP contribution in [0.2, 0.25) is 0 Å². The van der Waals surface area contributed by atoms with Gasteiger partial charge in [0.2, 0.25) is 5.95 Å². The highest BCUT2D eigenvalue weighted by molar-refractivity contribution is 6.14. The third-order valence-electron chi connectivity index (χ3n) is 7.91. The van der Waals surface area contributed by atoms with Crippen LogP contribution in [0, 0.1) is 13.8 Å². The zero-order valence-corrected chi connectivity index (χ0v) is 22.7. The summed E-state index contributed by atoms with van der Waals surface area (Å²) in [5.41, 5.74) is 9.83. The highest BCUT2D eigenvalue weighted by atomic mass is 16.2. The summed E-state index contributed by atoms with van der Waals surface area (Å²) < 4.78 is 1.81. The monoisotopic (exact) mass is 530 g/mol. The molecule has 9 heteroatoms. The Hall–Kier alpha value is -4.76. The van der Waals surface area contributed by atoms with Gasteiger partial charge in [-0.05, 0) is 61.2 Å². The Labute approximate surface area is 232 Å². The minimum Gasteiger partial charge on any atom is -0.359 e. The highest BCUT2D eigenvalue weighted by Crippen LogP contribution is 2.38. The van der Waals surface area contributed by atoms with Crippen molar-refractivity contribution in [3.05, 3.63) is 88.9 Å². The predicted molar refractivity (Wildman–Crippen MR) is 158 cm³/mol. The average molecular weight is 531 g/mol. The van der Waals surface area contributed by atoms with E-state index in [1.165, 1.54) is 5.57 Å². The number of anilines is 3. The number of carbonyl (C=O) groups excluding carboxylic acids is 1. The second-order valence-corrected chi connectivity index (χ2v) is 10.5. The number of aromatic amines is 1. The number of aryl methyl sites for hydroxylation is 3. The average Bonchev–Trinajstić information content (AvgIpc) is 3.64. The highest BCUT2D eigenvalue weighted by Gasteiger charge is 2.30. The summed E-state index contributed by atoms with van der Waals surface area (Å²) in [6.07, 6.45) is 6.98. The van der Waals surface area contributed by atoms with E-state index in [0.29, 0.717) is 18.3 Å². The van der Waals surface area contributed by atoms with Crippen LogP contribution in [0.15, 0.2) is 60.9 Å². The van der Waals surface area contributed by atoms with Crippen LogP contribution in [0.3, 0.4) is 0 Å². The van der Waals surface area contributed by atoms with E-state index in [9.17, 15) is 4.79 Å². The Morgan fingerprint density at radius 2 is 1.98 bits per heavy atom. The molecule has 2 aromatic carbocycles. The number of hydrogen-bond acceptors (Lipinski definition) is 6. The van der Waals surface area contributed by atoms with E-state index in [1.54, 1.807) is 0 Å². The van der Waals surface area contributed by atoms with Crippen molar-refractivity contribution in [1.82, 2.24) is 30.0 Å². The first-order valence-electron chi connectivity index (χ1n) is 13.5. The molecule has 0 saturated heterocycles. The molecule has 3 aromatic heterocycles. The molecule has 0 fully saturated rings. The topological polar surface area (TPSA) is 104 Å². The van der Waals surface area contributed by atoms with Crippen LogP contribution in [0.1, 0.15) is 39.2 Å². The number of amides is 1. The van der Waals surface area contributed by atoms with Crippen molar-refractivity contribution in [1.29, 1.82) is 0 Å². The maximum Gasteiger partial charge on any atom is 0.259 e. The van der Waals surface area contributed by atoms with E-state index in [2.05, 4.69) is 56.0 Å².